The first kappa shape index (κ1) is 16.4. The summed E-state index contributed by atoms with van der Waals surface area (Å²) in [6.45, 7) is 5.67. The number of rotatable bonds is 7. The summed E-state index contributed by atoms with van der Waals surface area (Å²) in [7, 11) is 0. The van der Waals surface area contributed by atoms with Crippen molar-refractivity contribution in [3.05, 3.63) is 0 Å². The molecule has 0 aliphatic heterocycles. The Bertz CT molecular complexity index is 360. The Labute approximate surface area is 106 Å². The number of hydrogen-bond acceptors (Lipinski definition) is 3. The van der Waals surface area contributed by atoms with Crippen LogP contribution in [0.2, 0.25) is 0 Å². The highest BCUT2D eigenvalue weighted by Gasteiger charge is 2.43. The van der Waals surface area contributed by atoms with Gasteiger partial charge in [0, 0.05) is 0 Å². The summed E-state index contributed by atoms with van der Waals surface area (Å²) < 4.78 is 0. The molecule has 6 nitrogen and oxygen atoms in total. The smallest absolute Gasteiger partial charge is 0.309 e. The molecule has 0 amide bonds. The van der Waals surface area contributed by atoms with Gasteiger partial charge in [0.2, 0.25) is 0 Å². The van der Waals surface area contributed by atoms with Crippen LogP contribution in [-0.2, 0) is 14.4 Å². The van der Waals surface area contributed by atoms with Crippen LogP contribution in [0.5, 0.6) is 0 Å². The Hall–Kier alpha value is -1.59. The van der Waals surface area contributed by atoms with Crippen LogP contribution in [0.25, 0.3) is 0 Å². The van der Waals surface area contributed by atoms with Crippen molar-refractivity contribution in [1.82, 2.24) is 0 Å². The van der Waals surface area contributed by atoms with Gasteiger partial charge in [0.1, 0.15) is 0 Å². The molecule has 0 heterocycles. The predicted molar refractivity (Wildman–Crippen MR) is 63.2 cm³/mol. The lowest BCUT2D eigenvalue weighted by molar-refractivity contribution is -0.157. The summed E-state index contributed by atoms with van der Waals surface area (Å²) in [6.07, 6.45) is -0.226. The van der Waals surface area contributed by atoms with Crippen molar-refractivity contribution in [2.24, 2.45) is 16.7 Å². The van der Waals surface area contributed by atoms with Crippen LogP contribution in [0.1, 0.15) is 40.5 Å². The zero-order valence-electron chi connectivity index (χ0n) is 11.1. The normalized spacial score (nSPS) is 16.7. The SMILES string of the molecule is CC(CC(C)(CC(C)(C)C(=O)O)C(=O)O)C(=O)O. The van der Waals surface area contributed by atoms with E-state index in [2.05, 4.69) is 0 Å². The third kappa shape index (κ3) is 4.01. The topological polar surface area (TPSA) is 112 Å². The van der Waals surface area contributed by atoms with E-state index in [9.17, 15) is 19.5 Å². The summed E-state index contributed by atoms with van der Waals surface area (Å²) >= 11 is 0. The van der Waals surface area contributed by atoms with Crippen molar-refractivity contribution in [2.45, 2.75) is 40.5 Å². The van der Waals surface area contributed by atoms with E-state index in [-0.39, 0.29) is 12.8 Å². The molecule has 0 aromatic rings. The van der Waals surface area contributed by atoms with E-state index in [1.807, 2.05) is 0 Å². The lowest BCUT2D eigenvalue weighted by Crippen LogP contribution is -2.39. The standard InChI is InChI=1S/C12H20O6/c1-7(8(13)14)5-12(4,10(17)18)6-11(2,3)9(15)16/h7H,5-6H2,1-4H3,(H,13,14)(H,15,16)(H,17,18). The number of aliphatic carboxylic acids is 3. The fraction of sp³-hybridized carbons (Fsp3) is 0.750. The van der Waals surface area contributed by atoms with Crippen LogP contribution in [0.15, 0.2) is 0 Å². The molecule has 2 unspecified atom stereocenters. The van der Waals surface area contributed by atoms with Gasteiger partial charge in [-0.15, -0.1) is 0 Å². The predicted octanol–water partition coefficient (Wildman–Crippen LogP) is 1.69. The van der Waals surface area contributed by atoms with Crippen molar-refractivity contribution in [3.8, 4) is 0 Å². The van der Waals surface area contributed by atoms with Crippen LogP contribution in [0, 0.1) is 16.7 Å². The molecule has 0 aliphatic rings. The minimum atomic E-state index is -1.38. The maximum Gasteiger partial charge on any atom is 0.309 e. The molecule has 6 heteroatoms. The second-order valence-electron chi connectivity index (χ2n) is 5.68. The lowest BCUT2D eigenvalue weighted by Gasteiger charge is -2.32. The third-order valence-electron chi connectivity index (χ3n) is 3.11. The van der Waals surface area contributed by atoms with E-state index in [4.69, 9.17) is 10.2 Å². The molecule has 0 aromatic heterocycles. The minimum Gasteiger partial charge on any atom is -0.481 e. The zero-order valence-corrected chi connectivity index (χ0v) is 11.1. The van der Waals surface area contributed by atoms with E-state index < -0.39 is 34.7 Å². The second kappa shape index (κ2) is 5.37. The van der Waals surface area contributed by atoms with Crippen molar-refractivity contribution < 1.29 is 29.7 Å². The molecule has 2 atom stereocenters. The fourth-order valence-electron chi connectivity index (χ4n) is 2.05. The highest BCUT2D eigenvalue weighted by molar-refractivity contribution is 5.79. The van der Waals surface area contributed by atoms with E-state index >= 15 is 0 Å². The van der Waals surface area contributed by atoms with Gasteiger partial charge in [-0.05, 0) is 33.6 Å². The third-order valence-corrected chi connectivity index (χ3v) is 3.11. The van der Waals surface area contributed by atoms with Crippen molar-refractivity contribution in [3.63, 3.8) is 0 Å². The molecule has 0 saturated heterocycles. The van der Waals surface area contributed by atoms with E-state index in [0.29, 0.717) is 0 Å². The molecule has 104 valence electrons. The van der Waals surface area contributed by atoms with Gasteiger partial charge >= 0.3 is 17.9 Å². The molecule has 0 radical (unpaired) electrons. The van der Waals surface area contributed by atoms with E-state index in [1.54, 1.807) is 0 Å². The first-order valence-corrected chi connectivity index (χ1v) is 5.62. The molecular formula is C12H20O6. The summed E-state index contributed by atoms with van der Waals surface area (Å²) in [6, 6.07) is 0. The molecule has 18 heavy (non-hydrogen) atoms. The fourth-order valence-corrected chi connectivity index (χ4v) is 2.05. The van der Waals surface area contributed by atoms with E-state index in [1.165, 1.54) is 27.7 Å². The van der Waals surface area contributed by atoms with Gasteiger partial charge in [-0.2, -0.15) is 0 Å². The highest BCUT2D eigenvalue weighted by atomic mass is 16.4. The number of carboxylic acids is 3. The van der Waals surface area contributed by atoms with Gasteiger partial charge in [-0.1, -0.05) is 6.92 Å². The Morgan fingerprint density at radius 2 is 1.44 bits per heavy atom. The van der Waals surface area contributed by atoms with Crippen LogP contribution < -0.4 is 0 Å². The first-order valence-electron chi connectivity index (χ1n) is 5.62. The van der Waals surface area contributed by atoms with Gasteiger partial charge in [-0.3, -0.25) is 14.4 Å². The Balaban J connectivity index is 5.12. The molecular weight excluding hydrogens is 240 g/mol. The zero-order chi connectivity index (χ0) is 14.7. The number of carboxylic acid groups (broad SMARTS) is 3. The lowest BCUT2D eigenvalue weighted by atomic mass is 9.70. The van der Waals surface area contributed by atoms with Gasteiger partial charge in [0.25, 0.3) is 0 Å². The van der Waals surface area contributed by atoms with Crippen LogP contribution in [0.3, 0.4) is 0 Å². The van der Waals surface area contributed by atoms with Crippen molar-refractivity contribution >= 4 is 17.9 Å². The molecule has 0 aromatic carbocycles. The minimum absolute atomic E-state index is 0.103. The molecule has 0 bridgehead atoms. The molecule has 0 saturated carbocycles. The summed E-state index contributed by atoms with van der Waals surface area (Å²) in [4.78, 5) is 33.1. The molecule has 0 rings (SSSR count). The quantitative estimate of drug-likeness (QED) is 0.642. The molecule has 0 fully saturated rings. The van der Waals surface area contributed by atoms with Crippen LogP contribution in [-0.4, -0.2) is 33.2 Å². The highest BCUT2D eigenvalue weighted by Crippen LogP contribution is 2.39. The Morgan fingerprint density at radius 1 is 1.00 bits per heavy atom. The second-order valence-corrected chi connectivity index (χ2v) is 5.68. The summed E-state index contributed by atoms with van der Waals surface area (Å²) in [5.74, 6) is -4.20. The van der Waals surface area contributed by atoms with E-state index in [0.717, 1.165) is 0 Å². The Kier molecular flexibility index (Phi) is 4.90. The van der Waals surface area contributed by atoms with Gasteiger partial charge in [0.05, 0.1) is 16.7 Å². The summed E-state index contributed by atoms with van der Waals surface area (Å²) in [5.41, 5.74) is -2.59. The summed E-state index contributed by atoms with van der Waals surface area (Å²) in [5, 5.41) is 27.1. The van der Waals surface area contributed by atoms with Crippen molar-refractivity contribution in [1.29, 1.82) is 0 Å². The van der Waals surface area contributed by atoms with Crippen LogP contribution >= 0.6 is 0 Å². The van der Waals surface area contributed by atoms with Gasteiger partial charge in [0.15, 0.2) is 0 Å². The average molecular weight is 260 g/mol. The van der Waals surface area contributed by atoms with Gasteiger partial charge < -0.3 is 15.3 Å². The molecule has 0 spiro atoms. The monoisotopic (exact) mass is 260 g/mol. The average Bonchev–Trinajstić information content (AvgIpc) is 2.15. The molecule has 3 N–H and O–H groups in total. The maximum absolute atomic E-state index is 11.3. The maximum atomic E-state index is 11.3. The van der Waals surface area contributed by atoms with Gasteiger partial charge in [-0.25, -0.2) is 0 Å². The number of hydrogen-bond donors (Lipinski definition) is 3. The Morgan fingerprint density at radius 3 is 1.72 bits per heavy atom. The first-order chi connectivity index (χ1) is 7.92. The van der Waals surface area contributed by atoms with Crippen molar-refractivity contribution in [2.75, 3.05) is 0 Å². The molecule has 0 aliphatic carbocycles. The largest absolute Gasteiger partial charge is 0.481 e. The number of carbonyl (C=O) groups is 3. The van der Waals surface area contributed by atoms with Crippen LogP contribution in [0.4, 0.5) is 0 Å².